The SMILES string of the molecule is CCn1c(NC(=O)c2ccnn2C2CCCC2)nc2cc(C)ccc21. The molecule has 1 aromatic carbocycles. The number of imidazole rings is 1. The minimum absolute atomic E-state index is 0.147. The van der Waals surface area contributed by atoms with E-state index in [-0.39, 0.29) is 5.91 Å². The Balaban J connectivity index is 1.65. The highest BCUT2D eigenvalue weighted by molar-refractivity contribution is 6.03. The molecule has 2 heterocycles. The summed E-state index contributed by atoms with van der Waals surface area (Å²) in [6.45, 7) is 4.85. The van der Waals surface area contributed by atoms with Crippen molar-refractivity contribution in [1.29, 1.82) is 0 Å². The number of fused-ring (bicyclic) bond motifs is 1. The maximum Gasteiger partial charge on any atom is 0.276 e. The van der Waals surface area contributed by atoms with Crippen molar-refractivity contribution in [3.8, 4) is 0 Å². The number of hydrogen-bond donors (Lipinski definition) is 1. The predicted molar refractivity (Wildman–Crippen MR) is 97.8 cm³/mol. The second-order valence-electron chi connectivity index (χ2n) is 6.73. The number of carbonyl (C=O) groups excluding carboxylic acids is 1. The van der Waals surface area contributed by atoms with Crippen LogP contribution in [0.15, 0.2) is 30.5 Å². The van der Waals surface area contributed by atoms with Gasteiger partial charge in [0.15, 0.2) is 0 Å². The number of amides is 1. The second-order valence-corrected chi connectivity index (χ2v) is 6.73. The Morgan fingerprint density at radius 2 is 2.08 bits per heavy atom. The van der Waals surface area contributed by atoms with E-state index in [0.29, 0.717) is 17.7 Å². The van der Waals surface area contributed by atoms with Gasteiger partial charge in [-0.1, -0.05) is 18.9 Å². The van der Waals surface area contributed by atoms with Crippen molar-refractivity contribution in [2.75, 3.05) is 5.32 Å². The summed E-state index contributed by atoms with van der Waals surface area (Å²) in [6.07, 6.45) is 6.30. The van der Waals surface area contributed by atoms with Crippen LogP contribution in [0, 0.1) is 6.92 Å². The Morgan fingerprint density at radius 1 is 1.28 bits per heavy atom. The van der Waals surface area contributed by atoms with E-state index in [1.165, 1.54) is 12.8 Å². The zero-order chi connectivity index (χ0) is 17.4. The molecule has 3 aromatic rings. The van der Waals surface area contributed by atoms with Crippen molar-refractivity contribution in [3.05, 3.63) is 41.7 Å². The fourth-order valence-electron chi connectivity index (χ4n) is 3.75. The Bertz CT molecular complexity index is 917. The predicted octanol–water partition coefficient (Wildman–Crippen LogP) is 3.93. The van der Waals surface area contributed by atoms with Crippen LogP contribution in [0.1, 0.15) is 54.7 Å². The Kier molecular flexibility index (Phi) is 4.03. The highest BCUT2D eigenvalue weighted by atomic mass is 16.2. The minimum atomic E-state index is -0.147. The largest absolute Gasteiger partial charge is 0.310 e. The van der Waals surface area contributed by atoms with Crippen LogP contribution < -0.4 is 5.32 Å². The quantitative estimate of drug-likeness (QED) is 0.784. The van der Waals surface area contributed by atoms with Gasteiger partial charge < -0.3 is 4.57 Å². The van der Waals surface area contributed by atoms with Crippen molar-refractivity contribution >= 4 is 22.9 Å². The Morgan fingerprint density at radius 3 is 2.84 bits per heavy atom. The van der Waals surface area contributed by atoms with Gasteiger partial charge >= 0.3 is 0 Å². The third kappa shape index (κ3) is 2.81. The summed E-state index contributed by atoms with van der Waals surface area (Å²) in [7, 11) is 0. The van der Waals surface area contributed by atoms with E-state index in [0.717, 1.165) is 36.0 Å². The first-order valence-electron chi connectivity index (χ1n) is 8.99. The second kappa shape index (κ2) is 6.35. The van der Waals surface area contributed by atoms with E-state index < -0.39 is 0 Å². The summed E-state index contributed by atoms with van der Waals surface area (Å²) in [6, 6.07) is 8.29. The first kappa shape index (κ1) is 15.9. The van der Waals surface area contributed by atoms with Crippen LogP contribution in [-0.2, 0) is 6.54 Å². The number of nitrogens with zero attached hydrogens (tertiary/aromatic N) is 4. The summed E-state index contributed by atoms with van der Waals surface area (Å²) >= 11 is 0. The van der Waals surface area contributed by atoms with E-state index in [9.17, 15) is 4.79 Å². The number of nitrogens with one attached hydrogen (secondary N) is 1. The molecule has 6 nitrogen and oxygen atoms in total. The van der Waals surface area contributed by atoms with E-state index in [2.05, 4.69) is 34.5 Å². The van der Waals surface area contributed by atoms with Crippen LogP contribution in [0.3, 0.4) is 0 Å². The van der Waals surface area contributed by atoms with Gasteiger partial charge in [-0.25, -0.2) is 4.98 Å². The molecule has 1 N–H and O–H groups in total. The molecule has 1 aliphatic carbocycles. The van der Waals surface area contributed by atoms with E-state index >= 15 is 0 Å². The molecule has 1 aliphatic rings. The zero-order valence-electron chi connectivity index (χ0n) is 14.7. The fourth-order valence-corrected chi connectivity index (χ4v) is 3.75. The number of benzene rings is 1. The molecular formula is C19H23N5O. The molecule has 0 spiro atoms. The average molecular weight is 337 g/mol. The van der Waals surface area contributed by atoms with Crippen molar-refractivity contribution in [1.82, 2.24) is 19.3 Å². The van der Waals surface area contributed by atoms with Crippen LogP contribution in [0.2, 0.25) is 0 Å². The Labute approximate surface area is 146 Å². The molecule has 130 valence electrons. The summed E-state index contributed by atoms with van der Waals surface area (Å²) < 4.78 is 3.91. The molecule has 0 saturated heterocycles. The lowest BCUT2D eigenvalue weighted by atomic mass is 10.2. The first-order valence-corrected chi connectivity index (χ1v) is 8.99. The monoisotopic (exact) mass is 337 g/mol. The topological polar surface area (TPSA) is 64.7 Å². The molecule has 25 heavy (non-hydrogen) atoms. The molecule has 0 radical (unpaired) electrons. The van der Waals surface area contributed by atoms with Gasteiger partial charge in [0, 0.05) is 12.7 Å². The third-order valence-corrected chi connectivity index (χ3v) is 5.02. The minimum Gasteiger partial charge on any atom is -0.310 e. The smallest absolute Gasteiger partial charge is 0.276 e. The van der Waals surface area contributed by atoms with Gasteiger partial charge in [-0.3, -0.25) is 14.8 Å². The maximum absolute atomic E-state index is 12.8. The molecule has 0 atom stereocenters. The molecule has 0 aliphatic heterocycles. The summed E-state index contributed by atoms with van der Waals surface area (Å²) in [5.74, 6) is 0.443. The molecule has 0 unspecified atom stereocenters. The number of aryl methyl sites for hydroxylation is 2. The average Bonchev–Trinajstić information content (AvgIpc) is 3.32. The molecule has 1 amide bonds. The zero-order valence-corrected chi connectivity index (χ0v) is 14.7. The highest BCUT2D eigenvalue weighted by Crippen LogP contribution is 2.30. The van der Waals surface area contributed by atoms with Crippen molar-refractivity contribution in [2.45, 2.75) is 52.1 Å². The standard InChI is InChI=1S/C19H23N5O/c1-3-23-16-9-8-13(2)12-15(16)21-19(23)22-18(25)17-10-11-20-24(17)14-6-4-5-7-14/h8-12,14H,3-7H2,1-2H3,(H,21,22,25). The van der Waals surface area contributed by atoms with Crippen LogP contribution in [0.5, 0.6) is 0 Å². The molecule has 2 aromatic heterocycles. The highest BCUT2D eigenvalue weighted by Gasteiger charge is 2.23. The maximum atomic E-state index is 12.8. The lowest BCUT2D eigenvalue weighted by Gasteiger charge is -2.14. The van der Waals surface area contributed by atoms with Crippen molar-refractivity contribution in [2.24, 2.45) is 0 Å². The van der Waals surface area contributed by atoms with Gasteiger partial charge in [-0.2, -0.15) is 5.10 Å². The number of hydrogen-bond acceptors (Lipinski definition) is 3. The van der Waals surface area contributed by atoms with E-state index in [1.54, 1.807) is 12.3 Å². The summed E-state index contributed by atoms with van der Waals surface area (Å²) in [5, 5.41) is 7.38. The van der Waals surface area contributed by atoms with Crippen LogP contribution in [0.25, 0.3) is 11.0 Å². The molecular weight excluding hydrogens is 314 g/mol. The van der Waals surface area contributed by atoms with Crippen LogP contribution in [0.4, 0.5) is 5.95 Å². The van der Waals surface area contributed by atoms with Gasteiger partial charge in [0.05, 0.1) is 17.1 Å². The van der Waals surface area contributed by atoms with Gasteiger partial charge in [-0.05, 0) is 50.5 Å². The first-order chi connectivity index (χ1) is 12.2. The van der Waals surface area contributed by atoms with Gasteiger partial charge in [-0.15, -0.1) is 0 Å². The van der Waals surface area contributed by atoms with Crippen LogP contribution >= 0.6 is 0 Å². The lowest BCUT2D eigenvalue weighted by molar-refractivity contribution is 0.101. The van der Waals surface area contributed by atoms with Crippen LogP contribution in [-0.4, -0.2) is 25.2 Å². The van der Waals surface area contributed by atoms with Gasteiger partial charge in [0.25, 0.3) is 5.91 Å². The van der Waals surface area contributed by atoms with Crippen molar-refractivity contribution in [3.63, 3.8) is 0 Å². The Hall–Kier alpha value is -2.63. The van der Waals surface area contributed by atoms with Gasteiger partial charge in [0.1, 0.15) is 5.69 Å². The number of rotatable bonds is 4. The van der Waals surface area contributed by atoms with Crippen molar-refractivity contribution < 1.29 is 4.79 Å². The number of aromatic nitrogens is 4. The summed E-state index contributed by atoms with van der Waals surface area (Å²) in [4.78, 5) is 17.5. The molecule has 6 heteroatoms. The third-order valence-electron chi connectivity index (χ3n) is 5.02. The van der Waals surface area contributed by atoms with Gasteiger partial charge in [0.2, 0.25) is 5.95 Å². The normalized spacial score (nSPS) is 15.1. The molecule has 4 rings (SSSR count). The molecule has 1 saturated carbocycles. The van der Waals surface area contributed by atoms with E-state index in [1.807, 2.05) is 22.2 Å². The molecule has 0 bridgehead atoms. The lowest BCUT2D eigenvalue weighted by Crippen LogP contribution is -2.21. The molecule has 1 fully saturated rings. The fraction of sp³-hybridized carbons (Fsp3) is 0.421. The number of anilines is 1. The number of carbonyl (C=O) groups is 1. The van der Waals surface area contributed by atoms with E-state index in [4.69, 9.17) is 0 Å². The summed E-state index contributed by atoms with van der Waals surface area (Å²) in [5.41, 5.74) is 3.71.